The maximum Gasteiger partial charge on any atom is 0.251 e. The second kappa shape index (κ2) is 5.70. The van der Waals surface area contributed by atoms with Gasteiger partial charge in [0.2, 0.25) is 0 Å². The Morgan fingerprint density at radius 2 is 2.05 bits per heavy atom. The van der Waals surface area contributed by atoms with Gasteiger partial charge in [0, 0.05) is 30.9 Å². The molecule has 3 aromatic rings. The Labute approximate surface area is 120 Å². The number of halogens is 1. The molecule has 0 radical (unpaired) electrons. The number of hydrogen-bond acceptors (Lipinski definition) is 3. The first-order valence-electron chi connectivity index (χ1n) is 6.55. The highest BCUT2D eigenvalue weighted by atomic mass is 19.1. The normalized spacial score (nSPS) is 10.7. The predicted octanol–water partition coefficient (Wildman–Crippen LogP) is 2.07. The maximum atomic E-state index is 13.1. The minimum Gasteiger partial charge on any atom is -0.352 e. The fourth-order valence-corrected chi connectivity index (χ4v) is 2.05. The van der Waals surface area contributed by atoms with Crippen LogP contribution in [0.5, 0.6) is 0 Å². The second-order valence-corrected chi connectivity index (χ2v) is 4.59. The van der Waals surface area contributed by atoms with Gasteiger partial charge < -0.3 is 10.3 Å². The molecule has 0 unspecified atom stereocenters. The van der Waals surface area contributed by atoms with Crippen molar-refractivity contribution in [3.8, 4) is 0 Å². The molecular formula is C15H13FN4O. The van der Waals surface area contributed by atoms with Crippen LogP contribution in [-0.2, 0) is 6.42 Å². The number of rotatable bonds is 4. The van der Waals surface area contributed by atoms with Crippen LogP contribution in [0.1, 0.15) is 16.2 Å². The lowest BCUT2D eigenvalue weighted by Gasteiger charge is -2.03. The van der Waals surface area contributed by atoms with Gasteiger partial charge >= 0.3 is 0 Å². The van der Waals surface area contributed by atoms with Crippen LogP contribution >= 0.6 is 0 Å². The van der Waals surface area contributed by atoms with Crippen molar-refractivity contribution in [2.75, 3.05) is 6.54 Å². The topological polar surface area (TPSA) is 70.7 Å². The third kappa shape index (κ3) is 3.05. The molecule has 1 aromatic carbocycles. The number of nitrogens with zero attached hydrogens (tertiary/aromatic N) is 2. The zero-order valence-electron chi connectivity index (χ0n) is 11.1. The number of aromatic amines is 1. The molecule has 0 fully saturated rings. The number of hydrogen-bond donors (Lipinski definition) is 2. The standard InChI is InChI=1S/C15H13FN4O/c16-11-1-2-12-13(9-11)20-14(19-12)5-8-18-15(21)10-3-6-17-7-4-10/h1-4,6-7,9H,5,8H2,(H,18,21)(H,19,20). The molecule has 6 heteroatoms. The third-order valence-electron chi connectivity index (χ3n) is 3.08. The summed E-state index contributed by atoms with van der Waals surface area (Å²) >= 11 is 0. The van der Waals surface area contributed by atoms with Crippen molar-refractivity contribution in [2.24, 2.45) is 0 Å². The largest absolute Gasteiger partial charge is 0.352 e. The van der Waals surface area contributed by atoms with Gasteiger partial charge in [0.15, 0.2) is 0 Å². The molecule has 0 spiro atoms. The van der Waals surface area contributed by atoms with Crippen LogP contribution in [-0.4, -0.2) is 27.4 Å². The van der Waals surface area contributed by atoms with Crippen molar-refractivity contribution in [1.82, 2.24) is 20.3 Å². The molecule has 0 bridgehead atoms. The number of benzene rings is 1. The Bertz CT molecular complexity index is 770. The highest BCUT2D eigenvalue weighted by molar-refractivity contribution is 5.93. The number of aromatic nitrogens is 3. The third-order valence-corrected chi connectivity index (χ3v) is 3.08. The molecule has 3 rings (SSSR count). The van der Waals surface area contributed by atoms with Crippen molar-refractivity contribution >= 4 is 16.9 Å². The average molecular weight is 284 g/mol. The zero-order chi connectivity index (χ0) is 14.7. The van der Waals surface area contributed by atoms with E-state index in [-0.39, 0.29) is 11.7 Å². The summed E-state index contributed by atoms with van der Waals surface area (Å²) in [5, 5.41) is 2.80. The van der Waals surface area contributed by atoms with Crippen molar-refractivity contribution in [2.45, 2.75) is 6.42 Å². The Balaban J connectivity index is 1.60. The van der Waals surface area contributed by atoms with E-state index in [2.05, 4.69) is 20.3 Å². The fraction of sp³-hybridized carbons (Fsp3) is 0.133. The van der Waals surface area contributed by atoms with Gasteiger partial charge in [0.05, 0.1) is 11.0 Å². The lowest BCUT2D eigenvalue weighted by atomic mass is 10.2. The van der Waals surface area contributed by atoms with E-state index in [1.165, 1.54) is 12.1 Å². The first-order valence-corrected chi connectivity index (χ1v) is 6.55. The van der Waals surface area contributed by atoms with Gasteiger partial charge in [-0.15, -0.1) is 0 Å². The molecule has 2 aromatic heterocycles. The minimum absolute atomic E-state index is 0.153. The van der Waals surface area contributed by atoms with Gasteiger partial charge in [-0.3, -0.25) is 9.78 Å². The molecule has 0 atom stereocenters. The zero-order valence-corrected chi connectivity index (χ0v) is 11.1. The lowest BCUT2D eigenvalue weighted by molar-refractivity contribution is 0.0954. The molecular weight excluding hydrogens is 271 g/mol. The Morgan fingerprint density at radius 3 is 2.86 bits per heavy atom. The van der Waals surface area contributed by atoms with Crippen LogP contribution in [0.15, 0.2) is 42.7 Å². The van der Waals surface area contributed by atoms with E-state index in [0.717, 1.165) is 0 Å². The molecule has 1 amide bonds. The smallest absolute Gasteiger partial charge is 0.251 e. The van der Waals surface area contributed by atoms with E-state index in [4.69, 9.17) is 0 Å². The van der Waals surface area contributed by atoms with E-state index in [0.29, 0.717) is 35.4 Å². The lowest BCUT2D eigenvalue weighted by Crippen LogP contribution is -2.25. The van der Waals surface area contributed by atoms with Crippen LogP contribution in [0.25, 0.3) is 11.0 Å². The summed E-state index contributed by atoms with van der Waals surface area (Å²) in [6.45, 7) is 0.448. The van der Waals surface area contributed by atoms with E-state index >= 15 is 0 Å². The van der Waals surface area contributed by atoms with Crippen LogP contribution in [0, 0.1) is 5.82 Å². The first kappa shape index (κ1) is 13.2. The molecule has 0 saturated carbocycles. The molecule has 0 aliphatic rings. The van der Waals surface area contributed by atoms with Gasteiger partial charge in [0.1, 0.15) is 11.6 Å². The van der Waals surface area contributed by atoms with Gasteiger partial charge in [-0.1, -0.05) is 0 Å². The van der Waals surface area contributed by atoms with Gasteiger partial charge in [0.25, 0.3) is 5.91 Å². The molecule has 5 nitrogen and oxygen atoms in total. The van der Waals surface area contributed by atoms with Crippen molar-refractivity contribution < 1.29 is 9.18 Å². The van der Waals surface area contributed by atoms with Crippen LogP contribution < -0.4 is 5.32 Å². The molecule has 21 heavy (non-hydrogen) atoms. The number of pyridine rings is 1. The molecule has 2 N–H and O–H groups in total. The van der Waals surface area contributed by atoms with E-state index in [1.807, 2.05) is 0 Å². The van der Waals surface area contributed by atoms with Crippen molar-refractivity contribution in [3.63, 3.8) is 0 Å². The van der Waals surface area contributed by atoms with Gasteiger partial charge in [-0.25, -0.2) is 9.37 Å². The average Bonchev–Trinajstić information content (AvgIpc) is 2.89. The van der Waals surface area contributed by atoms with Crippen LogP contribution in [0.3, 0.4) is 0 Å². The highest BCUT2D eigenvalue weighted by Crippen LogP contribution is 2.12. The summed E-state index contributed by atoms with van der Waals surface area (Å²) in [7, 11) is 0. The maximum absolute atomic E-state index is 13.1. The first-order chi connectivity index (χ1) is 10.2. The summed E-state index contributed by atoms with van der Waals surface area (Å²) in [6.07, 6.45) is 3.69. The number of carbonyl (C=O) groups excluding carboxylic acids is 1. The monoisotopic (exact) mass is 284 g/mol. The number of H-pyrrole nitrogens is 1. The SMILES string of the molecule is O=C(NCCc1nc2ccc(F)cc2[nH]1)c1ccncc1. The molecule has 0 aliphatic carbocycles. The van der Waals surface area contributed by atoms with Crippen LogP contribution in [0.4, 0.5) is 4.39 Å². The van der Waals surface area contributed by atoms with E-state index in [1.54, 1.807) is 30.6 Å². The number of amides is 1. The van der Waals surface area contributed by atoms with Crippen LogP contribution in [0.2, 0.25) is 0 Å². The Kier molecular flexibility index (Phi) is 3.59. The predicted molar refractivity (Wildman–Crippen MR) is 76.3 cm³/mol. The van der Waals surface area contributed by atoms with Crippen molar-refractivity contribution in [1.29, 1.82) is 0 Å². The molecule has 0 aliphatic heterocycles. The molecule has 2 heterocycles. The number of nitrogens with one attached hydrogen (secondary N) is 2. The molecule has 106 valence electrons. The highest BCUT2D eigenvalue weighted by Gasteiger charge is 2.06. The Morgan fingerprint density at radius 1 is 1.24 bits per heavy atom. The van der Waals surface area contributed by atoms with E-state index in [9.17, 15) is 9.18 Å². The summed E-state index contributed by atoms with van der Waals surface area (Å²) in [4.78, 5) is 23.1. The van der Waals surface area contributed by atoms with Gasteiger partial charge in [-0.2, -0.15) is 0 Å². The number of imidazole rings is 1. The van der Waals surface area contributed by atoms with E-state index < -0.39 is 0 Å². The molecule has 0 saturated heterocycles. The minimum atomic E-state index is -0.302. The summed E-state index contributed by atoms with van der Waals surface area (Å²) in [6, 6.07) is 7.71. The quantitative estimate of drug-likeness (QED) is 0.770. The number of fused-ring (bicyclic) bond motifs is 1. The summed E-state index contributed by atoms with van der Waals surface area (Å²) in [5.41, 5.74) is 1.94. The second-order valence-electron chi connectivity index (χ2n) is 4.59. The number of carbonyl (C=O) groups is 1. The van der Waals surface area contributed by atoms with Gasteiger partial charge in [-0.05, 0) is 30.3 Å². The summed E-state index contributed by atoms with van der Waals surface area (Å²) in [5.74, 6) is 0.258. The summed E-state index contributed by atoms with van der Waals surface area (Å²) < 4.78 is 13.1. The van der Waals surface area contributed by atoms with Crippen molar-refractivity contribution in [3.05, 3.63) is 59.9 Å². The fourth-order valence-electron chi connectivity index (χ4n) is 2.05. The Hall–Kier alpha value is -2.76.